The molecule has 1 aromatic carbocycles. The predicted molar refractivity (Wildman–Crippen MR) is 92.6 cm³/mol. The summed E-state index contributed by atoms with van der Waals surface area (Å²) in [4.78, 5) is 15.8. The van der Waals surface area contributed by atoms with Crippen molar-refractivity contribution in [2.45, 2.75) is 13.0 Å². The van der Waals surface area contributed by atoms with Crippen molar-refractivity contribution >= 4 is 15.9 Å². The van der Waals surface area contributed by atoms with Crippen LogP contribution in [-0.2, 0) is 27.8 Å². The topological polar surface area (TPSA) is 79.4 Å². The van der Waals surface area contributed by atoms with Gasteiger partial charge in [-0.05, 0) is 35.4 Å². The highest BCUT2D eigenvalue weighted by molar-refractivity contribution is 7.88. The molecule has 1 heterocycles. The molecule has 0 aliphatic heterocycles. The molecule has 0 unspecified atom stereocenters. The van der Waals surface area contributed by atoms with Gasteiger partial charge in [0, 0.05) is 32.0 Å². The molecule has 0 atom stereocenters. The van der Waals surface area contributed by atoms with Crippen molar-refractivity contribution < 1.29 is 17.6 Å². The molecule has 134 valence electrons. The van der Waals surface area contributed by atoms with Gasteiger partial charge < -0.3 is 5.32 Å². The summed E-state index contributed by atoms with van der Waals surface area (Å²) < 4.78 is 37.9. The Morgan fingerprint density at radius 2 is 1.76 bits per heavy atom. The zero-order valence-electron chi connectivity index (χ0n) is 13.9. The third kappa shape index (κ3) is 6.60. The summed E-state index contributed by atoms with van der Waals surface area (Å²) in [6.45, 7) is 0.573. The number of sulfonamides is 1. The van der Waals surface area contributed by atoms with Crippen molar-refractivity contribution in [3.8, 4) is 0 Å². The maximum atomic E-state index is 12.8. The van der Waals surface area contributed by atoms with E-state index >= 15 is 0 Å². The Morgan fingerprint density at radius 1 is 1.12 bits per heavy atom. The molecule has 2 aromatic rings. The second-order valence-corrected chi connectivity index (χ2v) is 7.59. The summed E-state index contributed by atoms with van der Waals surface area (Å²) in [5.74, 6) is -0.604. The first-order chi connectivity index (χ1) is 11.8. The van der Waals surface area contributed by atoms with Gasteiger partial charge in [-0.3, -0.25) is 9.78 Å². The molecule has 1 amide bonds. The molecule has 2 rings (SSSR count). The Morgan fingerprint density at radius 3 is 2.36 bits per heavy atom. The second-order valence-electron chi connectivity index (χ2n) is 5.61. The van der Waals surface area contributed by atoms with Crippen LogP contribution in [0.15, 0.2) is 48.8 Å². The zero-order chi connectivity index (χ0) is 18.3. The lowest BCUT2D eigenvalue weighted by Gasteiger charge is -2.20. The maximum absolute atomic E-state index is 12.8. The molecule has 0 spiro atoms. The molecule has 8 heteroatoms. The van der Waals surface area contributed by atoms with Gasteiger partial charge in [-0.25, -0.2) is 12.8 Å². The number of pyridine rings is 1. The number of halogens is 1. The van der Waals surface area contributed by atoms with Crippen LogP contribution >= 0.6 is 0 Å². The number of rotatable bonds is 8. The lowest BCUT2D eigenvalue weighted by molar-refractivity contribution is -0.120. The summed E-state index contributed by atoms with van der Waals surface area (Å²) in [7, 11) is -3.40. The average molecular weight is 365 g/mol. The van der Waals surface area contributed by atoms with Crippen molar-refractivity contribution in [2.75, 3.05) is 19.3 Å². The summed E-state index contributed by atoms with van der Waals surface area (Å²) in [6.07, 6.45) is 4.44. The molecular weight excluding hydrogens is 345 g/mol. The quantitative estimate of drug-likeness (QED) is 0.766. The van der Waals surface area contributed by atoms with Gasteiger partial charge in [-0.15, -0.1) is 0 Å². The van der Waals surface area contributed by atoms with E-state index in [0.29, 0.717) is 5.56 Å². The molecule has 1 N–H and O–H groups in total. The average Bonchev–Trinajstić information content (AvgIpc) is 2.56. The second kappa shape index (κ2) is 8.68. The molecule has 0 radical (unpaired) electrons. The number of aromatic nitrogens is 1. The number of carbonyl (C=O) groups excluding carboxylic acids is 1. The number of hydrogen-bond donors (Lipinski definition) is 1. The Labute approximate surface area is 146 Å². The van der Waals surface area contributed by atoms with E-state index in [1.54, 1.807) is 36.7 Å². The smallest absolute Gasteiger partial charge is 0.224 e. The number of nitrogens with zero attached hydrogens (tertiary/aromatic N) is 2. The lowest BCUT2D eigenvalue weighted by atomic mass is 10.1. The molecule has 0 bridgehead atoms. The highest BCUT2D eigenvalue weighted by Gasteiger charge is 2.17. The molecule has 0 aliphatic carbocycles. The first-order valence-corrected chi connectivity index (χ1v) is 9.54. The van der Waals surface area contributed by atoms with Crippen LogP contribution in [0.2, 0.25) is 0 Å². The summed E-state index contributed by atoms with van der Waals surface area (Å²) in [6, 6.07) is 9.16. The molecular formula is C17H20FN3O3S. The number of nitrogens with one attached hydrogen (secondary N) is 1. The standard InChI is InChI=1S/C17H20FN3O3S/c1-25(23,24)21(13-15-6-8-19-9-7-15)11-10-20-17(22)12-14-2-4-16(18)5-3-14/h2-9H,10-13H2,1H3,(H,20,22). The van der Waals surface area contributed by atoms with Crippen LogP contribution in [0, 0.1) is 5.82 Å². The lowest BCUT2D eigenvalue weighted by Crippen LogP contribution is -2.38. The summed E-state index contributed by atoms with van der Waals surface area (Å²) in [5, 5.41) is 2.68. The van der Waals surface area contributed by atoms with Crippen LogP contribution in [-0.4, -0.2) is 43.0 Å². The van der Waals surface area contributed by atoms with Crippen molar-refractivity contribution in [2.24, 2.45) is 0 Å². The Kier molecular flexibility index (Phi) is 6.60. The monoisotopic (exact) mass is 365 g/mol. The molecule has 0 saturated carbocycles. The number of hydrogen-bond acceptors (Lipinski definition) is 4. The minimum absolute atomic E-state index is 0.115. The van der Waals surface area contributed by atoms with Crippen molar-refractivity contribution in [3.05, 3.63) is 65.7 Å². The predicted octanol–water partition coefficient (Wildman–Crippen LogP) is 1.34. The van der Waals surface area contributed by atoms with Crippen LogP contribution in [0.3, 0.4) is 0 Å². The van der Waals surface area contributed by atoms with Crippen LogP contribution in [0.5, 0.6) is 0 Å². The molecule has 1 aromatic heterocycles. The van der Waals surface area contributed by atoms with E-state index in [1.165, 1.54) is 16.4 Å². The van der Waals surface area contributed by atoms with Gasteiger partial charge in [-0.2, -0.15) is 4.31 Å². The highest BCUT2D eigenvalue weighted by atomic mass is 32.2. The minimum Gasteiger partial charge on any atom is -0.354 e. The first kappa shape index (κ1) is 19.0. The van der Waals surface area contributed by atoms with E-state index < -0.39 is 10.0 Å². The SMILES string of the molecule is CS(=O)(=O)N(CCNC(=O)Cc1ccc(F)cc1)Cc1ccncc1. The fourth-order valence-electron chi connectivity index (χ4n) is 2.22. The van der Waals surface area contributed by atoms with Gasteiger partial charge in [0.05, 0.1) is 12.7 Å². The van der Waals surface area contributed by atoms with Crippen molar-refractivity contribution in [1.29, 1.82) is 0 Å². The third-order valence-corrected chi connectivity index (χ3v) is 4.79. The van der Waals surface area contributed by atoms with E-state index in [4.69, 9.17) is 0 Å². The molecule has 6 nitrogen and oxygen atoms in total. The molecule has 0 fully saturated rings. The normalized spacial score (nSPS) is 11.5. The molecule has 0 aliphatic rings. The number of benzene rings is 1. The van der Waals surface area contributed by atoms with Gasteiger partial charge in [0.2, 0.25) is 15.9 Å². The first-order valence-electron chi connectivity index (χ1n) is 7.70. The Balaban J connectivity index is 1.86. The fourth-order valence-corrected chi connectivity index (χ4v) is 3.03. The van der Waals surface area contributed by atoms with Crippen molar-refractivity contribution in [3.63, 3.8) is 0 Å². The van der Waals surface area contributed by atoms with Crippen molar-refractivity contribution in [1.82, 2.24) is 14.6 Å². The molecule has 25 heavy (non-hydrogen) atoms. The van der Waals surface area contributed by atoms with E-state index in [9.17, 15) is 17.6 Å². The van der Waals surface area contributed by atoms with Gasteiger partial charge in [0.15, 0.2) is 0 Å². The van der Waals surface area contributed by atoms with Gasteiger partial charge >= 0.3 is 0 Å². The number of amides is 1. The van der Waals surface area contributed by atoms with E-state index in [1.807, 2.05) is 0 Å². The summed E-state index contributed by atoms with van der Waals surface area (Å²) in [5.41, 5.74) is 1.51. The third-order valence-electron chi connectivity index (χ3n) is 3.54. The maximum Gasteiger partial charge on any atom is 0.224 e. The molecule has 0 saturated heterocycles. The fraction of sp³-hybridized carbons (Fsp3) is 0.294. The Hall–Kier alpha value is -2.32. The zero-order valence-corrected chi connectivity index (χ0v) is 14.7. The van der Waals surface area contributed by atoms with Crippen LogP contribution in [0.1, 0.15) is 11.1 Å². The van der Waals surface area contributed by atoms with Crippen LogP contribution in [0.25, 0.3) is 0 Å². The van der Waals surface area contributed by atoms with Gasteiger partial charge in [0.1, 0.15) is 5.82 Å². The van der Waals surface area contributed by atoms with E-state index in [2.05, 4.69) is 10.3 Å². The Bertz CT molecular complexity index is 796. The van der Waals surface area contributed by atoms with Crippen LogP contribution < -0.4 is 5.32 Å². The largest absolute Gasteiger partial charge is 0.354 e. The van der Waals surface area contributed by atoms with Crippen LogP contribution in [0.4, 0.5) is 4.39 Å². The number of carbonyl (C=O) groups is 1. The van der Waals surface area contributed by atoms with E-state index in [-0.39, 0.29) is 37.8 Å². The minimum atomic E-state index is -3.40. The van der Waals surface area contributed by atoms with Gasteiger partial charge in [-0.1, -0.05) is 12.1 Å². The highest BCUT2D eigenvalue weighted by Crippen LogP contribution is 2.07. The van der Waals surface area contributed by atoms with Gasteiger partial charge in [0.25, 0.3) is 0 Å². The summed E-state index contributed by atoms with van der Waals surface area (Å²) >= 11 is 0. The van der Waals surface area contributed by atoms with E-state index in [0.717, 1.165) is 11.8 Å².